The Morgan fingerprint density at radius 2 is 2.05 bits per heavy atom. The normalized spacial score (nSPS) is 16.5. The Bertz CT molecular complexity index is 536. The van der Waals surface area contributed by atoms with Crippen LogP contribution in [0.3, 0.4) is 0 Å². The molecule has 1 heterocycles. The van der Waals surface area contributed by atoms with Crippen LogP contribution in [0.4, 0.5) is 0 Å². The first-order chi connectivity index (χ1) is 9.31. The highest BCUT2D eigenvalue weighted by molar-refractivity contribution is 5.33. The molecule has 0 aliphatic heterocycles. The number of rotatable bonds is 4. The molecule has 1 unspecified atom stereocenters. The number of aromatic nitrogens is 2. The minimum absolute atomic E-state index is 0.174. The Morgan fingerprint density at radius 3 is 2.58 bits per heavy atom. The molecule has 4 heteroatoms. The first-order valence-corrected chi connectivity index (χ1v) is 6.87. The van der Waals surface area contributed by atoms with Crippen LogP contribution in [0.2, 0.25) is 0 Å². The number of benzene rings is 1. The molecule has 3 N–H and O–H groups in total. The van der Waals surface area contributed by atoms with E-state index in [1.54, 1.807) is 0 Å². The van der Waals surface area contributed by atoms with Crippen LogP contribution < -0.4 is 11.3 Å². The molecule has 1 aliphatic carbocycles. The number of hydrazine groups is 1. The van der Waals surface area contributed by atoms with Crippen molar-refractivity contribution in [3.63, 3.8) is 0 Å². The molecule has 0 fully saturated rings. The van der Waals surface area contributed by atoms with Crippen molar-refractivity contribution >= 4 is 0 Å². The highest BCUT2D eigenvalue weighted by Crippen LogP contribution is 2.34. The van der Waals surface area contributed by atoms with Gasteiger partial charge in [-0.1, -0.05) is 24.3 Å². The van der Waals surface area contributed by atoms with Gasteiger partial charge in [-0.05, 0) is 36.8 Å². The van der Waals surface area contributed by atoms with Gasteiger partial charge in [-0.2, -0.15) is 5.10 Å². The molecule has 100 valence electrons. The molecule has 1 aromatic heterocycles. The van der Waals surface area contributed by atoms with Crippen molar-refractivity contribution in [2.45, 2.75) is 32.4 Å². The van der Waals surface area contributed by atoms with E-state index in [0.29, 0.717) is 5.92 Å². The molecular formula is C15H20N4. The zero-order chi connectivity index (χ0) is 13.2. The summed E-state index contributed by atoms with van der Waals surface area (Å²) in [6.45, 7) is 2.98. The largest absolute Gasteiger partial charge is 0.273 e. The summed E-state index contributed by atoms with van der Waals surface area (Å²) in [5.74, 6) is 6.29. The van der Waals surface area contributed by atoms with E-state index in [1.807, 2.05) is 10.9 Å². The fraction of sp³-hybridized carbons (Fsp3) is 0.400. The lowest BCUT2D eigenvalue weighted by Crippen LogP contribution is -2.33. The van der Waals surface area contributed by atoms with Crippen molar-refractivity contribution in [3.05, 3.63) is 53.3 Å². The molecule has 19 heavy (non-hydrogen) atoms. The fourth-order valence-corrected chi connectivity index (χ4v) is 3.05. The van der Waals surface area contributed by atoms with Crippen molar-refractivity contribution in [1.29, 1.82) is 0 Å². The summed E-state index contributed by atoms with van der Waals surface area (Å²) in [5.41, 5.74) is 7.07. The molecule has 0 radical (unpaired) electrons. The van der Waals surface area contributed by atoms with E-state index in [0.717, 1.165) is 19.4 Å². The van der Waals surface area contributed by atoms with Gasteiger partial charge in [-0.15, -0.1) is 0 Å². The molecule has 0 bridgehead atoms. The molecule has 3 rings (SSSR count). The summed E-state index contributed by atoms with van der Waals surface area (Å²) in [6, 6.07) is 8.84. The Morgan fingerprint density at radius 1 is 1.37 bits per heavy atom. The number of hydrogen-bond donors (Lipinski definition) is 2. The van der Waals surface area contributed by atoms with Gasteiger partial charge in [0, 0.05) is 18.3 Å². The van der Waals surface area contributed by atoms with Crippen molar-refractivity contribution in [2.75, 3.05) is 0 Å². The maximum Gasteiger partial charge on any atom is 0.0538 e. The highest BCUT2D eigenvalue weighted by Gasteiger charge is 2.29. The minimum atomic E-state index is 0.174. The van der Waals surface area contributed by atoms with Crippen LogP contribution in [-0.4, -0.2) is 9.78 Å². The van der Waals surface area contributed by atoms with Gasteiger partial charge in [0.25, 0.3) is 0 Å². The van der Waals surface area contributed by atoms with Gasteiger partial charge in [0.15, 0.2) is 0 Å². The fourth-order valence-electron chi connectivity index (χ4n) is 3.05. The lowest BCUT2D eigenvalue weighted by atomic mass is 9.93. The van der Waals surface area contributed by atoms with Crippen LogP contribution >= 0.6 is 0 Å². The average Bonchev–Trinajstić information content (AvgIpc) is 3.05. The molecule has 0 spiro atoms. The summed E-state index contributed by atoms with van der Waals surface area (Å²) in [7, 11) is 0. The van der Waals surface area contributed by atoms with Crippen molar-refractivity contribution in [2.24, 2.45) is 11.8 Å². The summed E-state index contributed by atoms with van der Waals surface area (Å²) >= 11 is 0. The maximum absolute atomic E-state index is 5.78. The van der Waals surface area contributed by atoms with Crippen molar-refractivity contribution in [1.82, 2.24) is 15.2 Å². The second kappa shape index (κ2) is 5.15. The standard InChI is InChI=1S/C15H20N4/c1-2-19-10-14(9-17-19)15(18-16)13-7-11-5-3-4-6-12(11)8-13/h3-6,9-10,13,15,18H,2,7-8,16H2,1H3. The molecular weight excluding hydrogens is 236 g/mol. The predicted octanol–water partition coefficient (Wildman–Crippen LogP) is 1.82. The molecule has 4 nitrogen and oxygen atoms in total. The van der Waals surface area contributed by atoms with Gasteiger partial charge in [0.05, 0.1) is 12.2 Å². The predicted molar refractivity (Wildman–Crippen MR) is 75.3 cm³/mol. The van der Waals surface area contributed by atoms with Crippen LogP contribution in [0.5, 0.6) is 0 Å². The lowest BCUT2D eigenvalue weighted by Gasteiger charge is -2.21. The van der Waals surface area contributed by atoms with Crippen LogP contribution in [0, 0.1) is 5.92 Å². The van der Waals surface area contributed by atoms with Crippen LogP contribution in [0.15, 0.2) is 36.7 Å². The van der Waals surface area contributed by atoms with E-state index in [-0.39, 0.29) is 6.04 Å². The summed E-state index contributed by atoms with van der Waals surface area (Å²) in [5, 5.41) is 4.35. The number of fused-ring (bicyclic) bond motifs is 1. The Balaban J connectivity index is 1.81. The first kappa shape index (κ1) is 12.4. The summed E-state index contributed by atoms with van der Waals surface area (Å²) in [6.07, 6.45) is 6.19. The zero-order valence-corrected chi connectivity index (χ0v) is 11.2. The number of hydrogen-bond acceptors (Lipinski definition) is 3. The van der Waals surface area contributed by atoms with Gasteiger partial charge in [0.1, 0.15) is 0 Å². The quantitative estimate of drug-likeness (QED) is 0.648. The molecule has 1 aromatic carbocycles. The van der Waals surface area contributed by atoms with Gasteiger partial charge >= 0.3 is 0 Å². The van der Waals surface area contributed by atoms with E-state index >= 15 is 0 Å². The summed E-state index contributed by atoms with van der Waals surface area (Å²) in [4.78, 5) is 0. The molecule has 1 atom stereocenters. The third-order valence-electron chi connectivity index (χ3n) is 4.07. The molecule has 0 saturated heterocycles. The maximum atomic E-state index is 5.78. The second-order valence-corrected chi connectivity index (χ2v) is 5.21. The van der Waals surface area contributed by atoms with Crippen molar-refractivity contribution < 1.29 is 0 Å². The van der Waals surface area contributed by atoms with Crippen LogP contribution in [0.25, 0.3) is 0 Å². The third kappa shape index (κ3) is 2.29. The summed E-state index contributed by atoms with van der Waals surface area (Å²) < 4.78 is 1.95. The Hall–Kier alpha value is -1.65. The number of nitrogens with two attached hydrogens (primary N) is 1. The molecule has 0 amide bonds. The topological polar surface area (TPSA) is 55.9 Å². The first-order valence-electron chi connectivity index (χ1n) is 6.87. The van der Waals surface area contributed by atoms with Crippen LogP contribution in [0.1, 0.15) is 29.7 Å². The monoisotopic (exact) mass is 256 g/mol. The lowest BCUT2D eigenvalue weighted by molar-refractivity contribution is 0.379. The van der Waals surface area contributed by atoms with Gasteiger partial charge in [-0.25, -0.2) is 0 Å². The Labute approximate surface area is 113 Å². The van der Waals surface area contributed by atoms with Gasteiger partial charge in [0.2, 0.25) is 0 Å². The minimum Gasteiger partial charge on any atom is -0.273 e. The van der Waals surface area contributed by atoms with E-state index in [4.69, 9.17) is 5.84 Å². The number of nitrogens with one attached hydrogen (secondary N) is 1. The number of nitrogens with zero attached hydrogens (tertiary/aromatic N) is 2. The molecule has 1 aliphatic rings. The highest BCUT2D eigenvalue weighted by atomic mass is 15.3. The van der Waals surface area contributed by atoms with Gasteiger partial charge < -0.3 is 0 Å². The smallest absolute Gasteiger partial charge is 0.0538 e. The molecule has 0 saturated carbocycles. The van der Waals surface area contributed by atoms with Crippen LogP contribution in [-0.2, 0) is 19.4 Å². The number of aryl methyl sites for hydroxylation is 1. The average molecular weight is 256 g/mol. The zero-order valence-electron chi connectivity index (χ0n) is 11.2. The molecule has 2 aromatic rings. The van der Waals surface area contributed by atoms with Gasteiger partial charge in [-0.3, -0.25) is 16.0 Å². The van der Waals surface area contributed by atoms with E-state index < -0.39 is 0 Å². The van der Waals surface area contributed by atoms with E-state index in [1.165, 1.54) is 16.7 Å². The van der Waals surface area contributed by atoms with E-state index in [2.05, 4.69) is 47.9 Å². The second-order valence-electron chi connectivity index (χ2n) is 5.21. The SMILES string of the molecule is CCn1cc(C(NN)C2Cc3ccccc3C2)cn1. The van der Waals surface area contributed by atoms with Crippen molar-refractivity contribution in [3.8, 4) is 0 Å². The Kier molecular flexibility index (Phi) is 3.36. The van der Waals surface area contributed by atoms with E-state index in [9.17, 15) is 0 Å². The third-order valence-corrected chi connectivity index (χ3v) is 4.07.